The summed E-state index contributed by atoms with van der Waals surface area (Å²) in [6.45, 7) is 1.97. The van der Waals surface area contributed by atoms with E-state index in [-0.39, 0.29) is 11.6 Å². The predicted molar refractivity (Wildman–Crippen MR) is 63.1 cm³/mol. The zero-order valence-electron chi connectivity index (χ0n) is 9.14. The van der Waals surface area contributed by atoms with Crippen molar-refractivity contribution in [2.45, 2.75) is 18.5 Å². The van der Waals surface area contributed by atoms with Gasteiger partial charge in [0.2, 0.25) is 0 Å². The van der Waals surface area contributed by atoms with Gasteiger partial charge >= 0.3 is 0 Å². The minimum atomic E-state index is -0.388. The molecule has 0 spiro atoms. The minimum Gasteiger partial charge on any atom is -0.357 e. The van der Waals surface area contributed by atoms with Crippen LogP contribution in [0.25, 0.3) is 5.57 Å². The number of nitrogens with zero attached hydrogens (tertiary/aromatic N) is 1. The Hall–Kier alpha value is -1.32. The highest BCUT2D eigenvalue weighted by molar-refractivity contribution is 5.73. The quantitative estimate of drug-likeness (QED) is 0.670. The Morgan fingerprint density at radius 3 is 2.80 bits per heavy atom. The van der Waals surface area contributed by atoms with Crippen molar-refractivity contribution in [1.82, 2.24) is 4.57 Å². The third-order valence-corrected chi connectivity index (χ3v) is 2.65. The lowest BCUT2D eigenvalue weighted by Crippen LogP contribution is -2.37. The minimum absolute atomic E-state index is 0.0518. The second kappa shape index (κ2) is 3.36. The maximum atomic E-state index is 6.05. The van der Waals surface area contributed by atoms with Crippen LogP contribution in [0.15, 0.2) is 36.7 Å². The van der Waals surface area contributed by atoms with E-state index in [1.807, 2.05) is 43.0 Å². The van der Waals surface area contributed by atoms with Crippen molar-refractivity contribution < 1.29 is 0 Å². The molecule has 0 aromatic carbocycles. The molecule has 0 fully saturated rings. The third-order valence-electron chi connectivity index (χ3n) is 2.65. The molecule has 0 bridgehead atoms. The Morgan fingerprint density at radius 1 is 1.47 bits per heavy atom. The first-order chi connectivity index (χ1) is 6.98. The molecule has 0 radical (unpaired) electrons. The summed E-state index contributed by atoms with van der Waals surface area (Å²) in [5.41, 5.74) is 13.9. The van der Waals surface area contributed by atoms with E-state index >= 15 is 0 Å². The molecule has 0 saturated carbocycles. The van der Waals surface area contributed by atoms with Crippen LogP contribution in [-0.2, 0) is 7.05 Å². The number of rotatable bonds is 1. The third kappa shape index (κ3) is 2.03. The average Bonchev–Trinajstić information content (AvgIpc) is 2.56. The first-order valence-electron chi connectivity index (χ1n) is 5.07. The summed E-state index contributed by atoms with van der Waals surface area (Å²) in [5.74, 6) is 0. The molecule has 1 aliphatic rings. The lowest BCUT2D eigenvalue weighted by atomic mass is 9.87. The van der Waals surface area contributed by atoms with E-state index in [9.17, 15) is 0 Å². The fourth-order valence-electron chi connectivity index (χ4n) is 1.84. The smallest absolute Gasteiger partial charge is 0.0503 e. The zero-order valence-corrected chi connectivity index (χ0v) is 9.14. The summed E-state index contributed by atoms with van der Waals surface area (Å²) in [6.07, 6.45) is 10.0. The van der Waals surface area contributed by atoms with Crippen LogP contribution in [0, 0.1) is 0 Å². The fourth-order valence-corrected chi connectivity index (χ4v) is 1.84. The molecule has 2 atom stereocenters. The molecule has 80 valence electrons. The molecule has 0 aliphatic heterocycles. The molecule has 1 heterocycles. The van der Waals surface area contributed by atoms with Crippen LogP contribution in [0.1, 0.15) is 12.5 Å². The Kier molecular flexibility index (Phi) is 2.29. The molecule has 3 nitrogen and oxygen atoms in total. The molecule has 4 N–H and O–H groups in total. The van der Waals surface area contributed by atoms with Gasteiger partial charge in [-0.05, 0) is 24.1 Å². The van der Waals surface area contributed by atoms with E-state index in [0.29, 0.717) is 0 Å². The van der Waals surface area contributed by atoms with Gasteiger partial charge in [0, 0.05) is 25.5 Å². The van der Waals surface area contributed by atoms with E-state index in [1.54, 1.807) is 0 Å². The van der Waals surface area contributed by atoms with Crippen molar-refractivity contribution >= 4 is 5.57 Å². The molecule has 0 amide bonds. The molecule has 0 saturated heterocycles. The zero-order chi connectivity index (χ0) is 11.1. The van der Waals surface area contributed by atoms with Crippen molar-refractivity contribution in [3.05, 3.63) is 42.3 Å². The van der Waals surface area contributed by atoms with E-state index in [2.05, 4.69) is 12.3 Å². The van der Waals surface area contributed by atoms with Crippen LogP contribution in [0.3, 0.4) is 0 Å². The summed E-state index contributed by atoms with van der Waals surface area (Å²) in [7, 11) is 2.00. The van der Waals surface area contributed by atoms with E-state index in [1.165, 1.54) is 0 Å². The summed E-state index contributed by atoms with van der Waals surface area (Å²) >= 11 is 0. The van der Waals surface area contributed by atoms with Gasteiger partial charge in [-0.25, -0.2) is 0 Å². The van der Waals surface area contributed by atoms with Gasteiger partial charge in [-0.3, -0.25) is 0 Å². The SMILES string of the molecule is Cn1ccc(C2=CC(C)(N)C=CC2N)c1. The van der Waals surface area contributed by atoms with E-state index in [4.69, 9.17) is 11.5 Å². The van der Waals surface area contributed by atoms with Crippen LogP contribution in [0.2, 0.25) is 0 Å². The van der Waals surface area contributed by atoms with Gasteiger partial charge in [0.25, 0.3) is 0 Å². The largest absolute Gasteiger partial charge is 0.357 e. The molecule has 1 aromatic heterocycles. The summed E-state index contributed by atoms with van der Waals surface area (Å²) in [5, 5.41) is 0. The average molecular weight is 203 g/mol. The maximum absolute atomic E-state index is 6.05. The lowest BCUT2D eigenvalue weighted by Gasteiger charge is -2.25. The Balaban J connectivity index is 2.40. The van der Waals surface area contributed by atoms with Crippen LogP contribution in [0.4, 0.5) is 0 Å². The van der Waals surface area contributed by atoms with Crippen LogP contribution >= 0.6 is 0 Å². The summed E-state index contributed by atoms with van der Waals surface area (Å²) < 4.78 is 2.01. The van der Waals surface area contributed by atoms with Crippen molar-refractivity contribution in [2.75, 3.05) is 0 Å². The molecular weight excluding hydrogens is 186 g/mol. The Bertz CT molecular complexity index is 424. The normalized spacial score (nSPS) is 30.4. The van der Waals surface area contributed by atoms with E-state index in [0.717, 1.165) is 11.1 Å². The molecule has 1 aromatic rings. The monoisotopic (exact) mass is 203 g/mol. The van der Waals surface area contributed by atoms with Crippen molar-refractivity contribution in [2.24, 2.45) is 18.5 Å². The van der Waals surface area contributed by atoms with Crippen molar-refractivity contribution in [1.29, 1.82) is 0 Å². The van der Waals surface area contributed by atoms with E-state index < -0.39 is 0 Å². The topological polar surface area (TPSA) is 57.0 Å². The van der Waals surface area contributed by atoms with Gasteiger partial charge < -0.3 is 16.0 Å². The molecule has 1 aliphatic carbocycles. The van der Waals surface area contributed by atoms with Gasteiger partial charge in [0.15, 0.2) is 0 Å². The highest BCUT2D eigenvalue weighted by Crippen LogP contribution is 2.25. The summed E-state index contributed by atoms with van der Waals surface area (Å²) in [4.78, 5) is 0. The second-order valence-electron chi connectivity index (χ2n) is 4.42. The number of aryl methyl sites for hydroxylation is 1. The van der Waals surface area contributed by atoms with Gasteiger partial charge in [0.05, 0.1) is 5.54 Å². The maximum Gasteiger partial charge on any atom is 0.0503 e. The highest BCUT2D eigenvalue weighted by Gasteiger charge is 2.21. The molecule has 2 unspecified atom stereocenters. The molecule has 3 heteroatoms. The first-order valence-corrected chi connectivity index (χ1v) is 5.07. The van der Waals surface area contributed by atoms with Crippen LogP contribution in [0.5, 0.6) is 0 Å². The summed E-state index contributed by atoms with van der Waals surface area (Å²) in [6, 6.07) is 2.00. The Morgan fingerprint density at radius 2 is 2.20 bits per heavy atom. The predicted octanol–water partition coefficient (Wildman–Crippen LogP) is 1.02. The molecule has 2 rings (SSSR count). The number of aromatic nitrogens is 1. The standard InChI is InChI=1S/C12H17N3/c1-12(14)5-3-11(13)10(7-12)9-4-6-15(2)8-9/h3-8,11H,13-14H2,1-2H3. The van der Waals surface area contributed by atoms with Crippen LogP contribution < -0.4 is 11.5 Å². The fraction of sp³-hybridized carbons (Fsp3) is 0.333. The number of hydrogen-bond acceptors (Lipinski definition) is 2. The Labute approximate surface area is 90.1 Å². The van der Waals surface area contributed by atoms with Crippen LogP contribution in [-0.4, -0.2) is 16.1 Å². The molecular formula is C12H17N3. The van der Waals surface area contributed by atoms with Gasteiger partial charge in [0.1, 0.15) is 0 Å². The lowest BCUT2D eigenvalue weighted by molar-refractivity contribution is 0.716. The number of hydrogen-bond donors (Lipinski definition) is 2. The first kappa shape index (κ1) is 10.2. The number of nitrogens with two attached hydrogens (primary N) is 2. The van der Waals surface area contributed by atoms with Gasteiger partial charge in [-0.1, -0.05) is 18.2 Å². The molecule has 15 heavy (non-hydrogen) atoms. The second-order valence-corrected chi connectivity index (χ2v) is 4.42. The van der Waals surface area contributed by atoms with Crippen molar-refractivity contribution in [3.63, 3.8) is 0 Å². The van der Waals surface area contributed by atoms with Crippen molar-refractivity contribution in [3.8, 4) is 0 Å². The van der Waals surface area contributed by atoms with Gasteiger partial charge in [-0.15, -0.1) is 0 Å². The highest BCUT2D eigenvalue weighted by atomic mass is 14.9. The van der Waals surface area contributed by atoms with Gasteiger partial charge in [-0.2, -0.15) is 0 Å².